The van der Waals surface area contributed by atoms with Gasteiger partial charge in [0, 0.05) is 26.1 Å². The molecule has 0 saturated carbocycles. The molecule has 3 heteroatoms. The van der Waals surface area contributed by atoms with Crippen molar-refractivity contribution in [2.45, 2.75) is 40.7 Å². The van der Waals surface area contributed by atoms with Crippen LogP contribution in [0.3, 0.4) is 0 Å². The second-order valence-corrected chi connectivity index (χ2v) is 5.77. The van der Waals surface area contributed by atoms with Gasteiger partial charge < -0.3 is 5.73 Å². The summed E-state index contributed by atoms with van der Waals surface area (Å²) in [5, 5.41) is 7.39. The SMILES string of the molecule is Cc1cccc(C)c1CN(CCC(=N)N)CC(C)C. The molecule has 0 heterocycles. The zero-order chi connectivity index (χ0) is 14.4. The lowest BCUT2D eigenvalue weighted by Gasteiger charge is -2.25. The molecule has 1 aromatic rings. The molecule has 1 aromatic carbocycles. The Morgan fingerprint density at radius 2 is 1.84 bits per heavy atom. The number of hydrogen-bond donors (Lipinski definition) is 2. The minimum atomic E-state index is 0.273. The van der Waals surface area contributed by atoms with Crippen LogP contribution in [0.4, 0.5) is 0 Å². The highest BCUT2D eigenvalue weighted by atomic mass is 15.1. The molecule has 0 fully saturated rings. The molecule has 0 radical (unpaired) electrons. The van der Waals surface area contributed by atoms with Gasteiger partial charge in [0.2, 0.25) is 0 Å². The Kier molecular flexibility index (Phi) is 6.03. The van der Waals surface area contributed by atoms with Crippen molar-refractivity contribution < 1.29 is 0 Å². The quantitative estimate of drug-likeness (QED) is 0.585. The Bertz CT molecular complexity index is 404. The fourth-order valence-corrected chi connectivity index (χ4v) is 2.35. The van der Waals surface area contributed by atoms with Gasteiger partial charge in [-0.3, -0.25) is 10.3 Å². The van der Waals surface area contributed by atoms with Gasteiger partial charge in [-0.25, -0.2) is 0 Å². The fraction of sp³-hybridized carbons (Fsp3) is 0.562. The molecule has 0 aliphatic heterocycles. The normalized spacial score (nSPS) is 11.3. The van der Waals surface area contributed by atoms with Crippen molar-refractivity contribution in [2.75, 3.05) is 13.1 Å². The second kappa shape index (κ2) is 7.29. The summed E-state index contributed by atoms with van der Waals surface area (Å²) in [5.74, 6) is 0.895. The van der Waals surface area contributed by atoms with Crippen LogP contribution in [0.1, 0.15) is 37.0 Å². The molecular weight excluding hydrogens is 234 g/mol. The number of nitrogens with two attached hydrogens (primary N) is 1. The molecule has 3 nitrogen and oxygen atoms in total. The van der Waals surface area contributed by atoms with E-state index < -0.39 is 0 Å². The first-order valence-corrected chi connectivity index (χ1v) is 7.00. The first-order valence-electron chi connectivity index (χ1n) is 7.00. The third-order valence-corrected chi connectivity index (χ3v) is 3.35. The summed E-state index contributed by atoms with van der Waals surface area (Å²) >= 11 is 0. The van der Waals surface area contributed by atoms with Crippen LogP contribution in [0.2, 0.25) is 0 Å². The van der Waals surface area contributed by atoms with Gasteiger partial charge in [0.15, 0.2) is 0 Å². The summed E-state index contributed by atoms with van der Waals surface area (Å²) in [4.78, 5) is 2.40. The zero-order valence-electron chi connectivity index (χ0n) is 12.7. The van der Waals surface area contributed by atoms with Crippen LogP contribution >= 0.6 is 0 Å². The predicted octanol–water partition coefficient (Wildman–Crippen LogP) is 3.09. The van der Waals surface area contributed by atoms with Gasteiger partial charge in [-0.2, -0.15) is 0 Å². The van der Waals surface area contributed by atoms with Crippen molar-refractivity contribution in [3.05, 3.63) is 34.9 Å². The van der Waals surface area contributed by atoms with E-state index in [2.05, 4.69) is 50.8 Å². The molecule has 106 valence electrons. The van der Waals surface area contributed by atoms with Gasteiger partial charge in [0.25, 0.3) is 0 Å². The van der Waals surface area contributed by atoms with E-state index in [1.807, 2.05) is 0 Å². The molecule has 0 aliphatic rings. The van der Waals surface area contributed by atoms with Crippen LogP contribution in [0.15, 0.2) is 18.2 Å². The van der Waals surface area contributed by atoms with Crippen molar-refractivity contribution in [1.29, 1.82) is 5.41 Å². The third-order valence-electron chi connectivity index (χ3n) is 3.35. The monoisotopic (exact) mass is 261 g/mol. The Morgan fingerprint density at radius 1 is 1.26 bits per heavy atom. The summed E-state index contributed by atoms with van der Waals surface area (Å²) < 4.78 is 0. The van der Waals surface area contributed by atoms with Crippen molar-refractivity contribution >= 4 is 5.84 Å². The summed E-state index contributed by atoms with van der Waals surface area (Å²) in [6, 6.07) is 6.44. The summed E-state index contributed by atoms with van der Waals surface area (Å²) in [6.45, 7) is 11.6. The lowest BCUT2D eigenvalue weighted by molar-refractivity contribution is 0.241. The topological polar surface area (TPSA) is 53.1 Å². The molecule has 1 rings (SSSR count). The molecule has 0 aromatic heterocycles. The van der Waals surface area contributed by atoms with Crippen molar-refractivity contribution in [3.63, 3.8) is 0 Å². The third kappa shape index (κ3) is 5.43. The van der Waals surface area contributed by atoms with Crippen molar-refractivity contribution in [1.82, 2.24) is 4.90 Å². The summed E-state index contributed by atoms with van der Waals surface area (Å²) in [6.07, 6.45) is 0.650. The van der Waals surface area contributed by atoms with Gasteiger partial charge in [-0.05, 0) is 36.5 Å². The van der Waals surface area contributed by atoms with Crippen molar-refractivity contribution in [3.8, 4) is 0 Å². The number of rotatable bonds is 7. The van der Waals surface area contributed by atoms with Gasteiger partial charge in [-0.15, -0.1) is 0 Å². The minimum absolute atomic E-state index is 0.273. The average molecular weight is 261 g/mol. The van der Waals surface area contributed by atoms with Gasteiger partial charge in [-0.1, -0.05) is 32.0 Å². The first-order chi connectivity index (χ1) is 8.90. The van der Waals surface area contributed by atoms with E-state index in [0.29, 0.717) is 12.3 Å². The van der Waals surface area contributed by atoms with E-state index in [4.69, 9.17) is 11.1 Å². The maximum atomic E-state index is 7.39. The number of nitrogens with one attached hydrogen (secondary N) is 1. The van der Waals surface area contributed by atoms with Crippen LogP contribution < -0.4 is 5.73 Å². The Morgan fingerprint density at radius 3 is 2.32 bits per heavy atom. The summed E-state index contributed by atoms with van der Waals surface area (Å²) in [5.41, 5.74) is 9.58. The van der Waals surface area contributed by atoms with E-state index in [1.165, 1.54) is 16.7 Å². The molecule has 0 spiro atoms. The van der Waals surface area contributed by atoms with E-state index in [1.54, 1.807) is 0 Å². The van der Waals surface area contributed by atoms with Crippen LogP contribution in [0.5, 0.6) is 0 Å². The van der Waals surface area contributed by atoms with Crippen LogP contribution in [0, 0.1) is 25.2 Å². The lowest BCUT2D eigenvalue weighted by Crippen LogP contribution is -2.31. The smallest absolute Gasteiger partial charge is 0.0918 e. The molecule has 0 saturated heterocycles. The maximum Gasteiger partial charge on any atom is 0.0918 e. The molecule has 0 unspecified atom stereocenters. The van der Waals surface area contributed by atoms with Gasteiger partial charge in [0.05, 0.1) is 5.84 Å². The largest absolute Gasteiger partial charge is 0.388 e. The number of nitrogens with zero attached hydrogens (tertiary/aromatic N) is 1. The number of amidine groups is 1. The Hall–Kier alpha value is -1.35. The van der Waals surface area contributed by atoms with E-state index >= 15 is 0 Å². The molecule has 0 amide bonds. The molecular formula is C16H27N3. The van der Waals surface area contributed by atoms with Crippen molar-refractivity contribution in [2.24, 2.45) is 11.7 Å². The number of aryl methyl sites for hydroxylation is 2. The molecule has 3 N–H and O–H groups in total. The van der Waals surface area contributed by atoms with Gasteiger partial charge in [0.1, 0.15) is 0 Å². The van der Waals surface area contributed by atoms with E-state index in [9.17, 15) is 0 Å². The fourth-order valence-electron chi connectivity index (χ4n) is 2.35. The highest BCUT2D eigenvalue weighted by Crippen LogP contribution is 2.16. The minimum Gasteiger partial charge on any atom is -0.388 e. The first kappa shape index (κ1) is 15.7. The molecule has 19 heavy (non-hydrogen) atoms. The van der Waals surface area contributed by atoms with E-state index in [-0.39, 0.29) is 5.84 Å². The van der Waals surface area contributed by atoms with Crippen LogP contribution in [-0.2, 0) is 6.54 Å². The average Bonchev–Trinajstić information content (AvgIpc) is 2.30. The standard InChI is InChI=1S/C16H27N3/c1-12(2)10-19(9-8-16(17)18)11-15-13(3)6-5-7-14(15)4/h5-7,12H,8-11H2,1-4H3,(H3,17,18). The van der Waals surface area contributed by atoms with E-state index in [0.717, 1.165) is 19.6 Å². The molecule has 0 atom stereocenters. The number of benzene rings is 1. The van der Waals surface area contributed by atoms with Crippen LogP contribution in [-0.4, -0.2) is 23.8 Å². The maximum absolute atomic E-state index is 7.39. The lowest BCUT2D eigenvalue weighted by atomic mass is 10.0. The molecule has 0 aliphatic carbocycles. The van der Waals surface area contributed by atoms with Gasteiger partial charge >= 0.3 is 0 Å². The number of hydrogen-bond acceptors (Lipinski definition) is 2. The predicted molar refractivity (Wildman–Crippen MR) is 82.6 cm³/mol. The Labute approximate surface area is 117 Å². The molecule has 0 bridgehead atoms. The summed E-state index contributed by atoms with van der Waals surface area (Å²) in [7, 11) is 0. The van der Waals surface area contributed by atoms with Crippen LogP contribution in [0.25, 0.3) is 0 Å². The highest BCUT2D eigenvalue weighted by Gasteiger charge is 2.11. The zero-order valence-corrected chi connectivity index (χ0v) is 12.7. The highest BCUT2D eigenvalue weighted by molar-refractivity contribution is 5.76. The Balaban J connectivity index is 2.78. The second-order valence-electron chi connectivity index (χ2n) is 5.77.